The molecular formula is C18H28FNO. The van der Waals surface area contributed by atoms with Crippen LogP contribution in [0, 0.1) is 11.7 Å². The molecule has 2 unspecified atom stereocenters. The molecule has 2 rings (SSSR count). The van der Waals surface area contributed by atoms with Crippen molar-refractivity contribution in [2.75, 3.05) is 6.54 Å². The summed E-state index contributed by atoms with van der Waals surface area (Å²) in [6.45, 7) is 6.59. The van der Waals surface area contributed by atoms with Gasteiger partial charge in [0.15, 0.2) is 0 Å². The summed E-state index contributed by atoms with van der Waals surface area (Å²) in [5.74, 6) is 0.580. The molecule has 3 heteroatoms. The Morgan fingerprint density at radius 2 is 2.19 bits per heavy atom. The molecule has 21 heavy (non-hydrogen) atoms. The number of ether oxygens (including phenoxy) is 1. The second-order valence-corrected chi connectivity index (χ2v) is 6.31. The maximum atomic E-state index is 13.9. The number of nitrogens with one attached hydrogen (secondary N) is 1. The average Bonchev–Trinajstić information content (AvgIpc) is 2.48. The van der Waals surface area contributed by atoms with E-state index in [2.05, 4.69) is 19.2 Å². The van der Waals surface area contributed by atoms with Crippen LogP contribution in [0.15, 0.2) is 18.2 Å². The maximum Gasteiger partial charge on any atom is 0.128 e. The van der Waals surface area contributed by atoms with Crippen LogP contribution in [0.5, 0.6) is 0 Å². The van der Waals surface area contributed by atoms with Crippen molar-refractivity contribution in [1.29, 1.82) is 0 Å². The molecular weight excluding hydrogens is 265 g/mol. The van der Waals surface area contributed by atoms with Gasteiger partial charge in [-0.2, -0.15) is 0 Å². The molecule has 2 atom stereocenters. The molecule has 0 spiro atoms. The van der Waals surface area contributed by atoms with E-state index < -0.39 is 0 Å². The molecule has 1 saturated carbocycles. The zero-order chi connectivity index (χ0) is 15.1. The lowest BCUT2D eigenvalue weighted by Crippen LogP contribution is -2.21. The molecule has 1 aromatic rings. The average molecular weight is 293 g/mol. The molecule has 1 aromatic carbocycles. The Hall–Kier alpha value is -0.930. The molecule has 0 bridgehead atoms. The smallest absolute Gasteiger partial charge is 0.128 e. The summed E-state index contributed by atoms with van der Waals surface area (Å²) in [7, 11) is 0. The highest BCUT2D eigenvalue weighted by molar-refractivity contribution is 5.24. The summed E-state index contributed by atoms with van der Waals surface area (Å²) in [5, 5.41) is 3.35. The van der Waals surface area contributed by atoms with Gasteiger partial charge in [0, 0.05) is 12.1 Å². The van der Waals surface area contributed by atoms with Crippen LogP contribution < -0.4 is 5.32 Å². The van der Waals surface area contributed by atoms with Gasteiger partial charge in [0.2, 0.25) is 0 Å². The van der Waals surface area contributed by atoms with E-state index >= 15 is 0 Å². The van der Waals surface area contributed by atoms with Crippen molar-refractivity contribution in [3.8, 4) is 0 Å². The number of hydrogen-bond acceptors (Lipinski definition) is 2. The van der Waals surface area contributed by atoms with Crippen molar-refractivity contribution < 1.29 is 9.13 Å². The fourth-order valence-electron chi connectivity index (χ4n) is 3.00. The van der Waals surface area contributed by atoms with Gasteiger partial charge in [-0.1, -0.05) is 32.8 Å². The summed E-state index contributed by atoms with van der Waals surface area (Å²) in [5.41, 5.74) is 1.81. The highest BCUT2D eigenvalue weighted by Gasteiger charge is 2.19. The lowest BCUT2D eigenvalue weighted by molar-refractivity contribution is 0.00350. The summed E-state index contributed by atoms with van der Waals surface area (Å²) in [4.78, 5) is 0. The minimum absolute atomic E-state index is 0.155. The second-order valence-electron chi connectivity index (χ2n) is 6.31. The van der Waals surface area contributed by atoms with Crippen LogP contribution in [0.3, 0.4) is 0 Å². The van der Waals surface area contributed by atoms with E-state index in [0.717, 1.165) is 43.8 Å². The normalized spacial score (nSPS) is 22.4. The lowest BCUT2D eigenvalue weighted by Gasteiger charge is -2.26. The van der Waals surface area contributed by atoms with E-state index in [1.165, 1.54) is 12.8 Å². The fourth-order valence-corrected chi connectivity index (χ4v) is 3.00. The Morgan fingerprint density at radius 3 is 2.95 bits per heavy atom. The Kier molecular flexibility index (Phi) is 6.65. The lowest BCUT2D eigenvalue weighted by atomic mass is 9.89. The van der Waals surface area contributed by atoms with Crippen LogP contribution in [-0.4, -0.2) is 12.6 Å². The third-order valence-corrected chi connectivity index (χ3v) is 4.23. The molecule has 1 N–H and O–H groups in total. The van der Waals surface area contributed by atoms with Crippen LogP contribution >= 0.6 is 0 Å². The minimum Gasteiger partial charge on any atom is -0.373 e. The van der Waals surface area contributed by atoms with Crippen LogP contribution in [0.25, 0.3) is 0 Å². The molecule has 0 heterocycles. The molecule has 0 saturated heterocycles. The zero-order valence-electron chi connectivity index (χ0n) is 13.3. The van der Waals surface area contributed by atoms with Crippen LogP contribution in [0.1, 0.15) is 57.1 Å². The molecule has 0 amide bonds. The molecule has 0 aromatic heterocycles. The van der Waals surface area contributed by atoms with Crippen molar-refractivity contribution in [3.05, 3.63) is 35.1 Å². The van der Waals surface area contributed by atoms with E-state index in [1.54, 1.807) is 6.07 Å². The number of benzene rings is 1. The van der Waals surface area contributed by atoms with Crippen LogP contribution in [-0.2, 0) is 17.9 Å². The zero-order valence-corrected chi connectivity index (χ0v) is 13.3. The molecule has 0 radical (unpaired) electrons. The first-order valence-corrected chi connectivity index (χ1v) is 8.28. The fraction of sp³-hybridized carbons (Fsp3) is 0.667. The Morgan fingerprint density at radius 1 is 1.33 bits per heavy atom. The monoisotopic (exact) mass is 293 g/mol. The SMILES string of the molecule is CCCNCc1ccc(F)c(COC2CCCC(C)C2)c1. The van der Waals surface area contributed by atoms with E-state index in [9.17, 15) is 4.39 Å². The molecule has 2 nitrogen and oxygen atoms in total. The highest BCUT2D eigenvalue weighted by Crippen LogP contribution is 2.26. The number of halogens is 1. The van der Waals surface area contributed by atoms with Crippen molar-refractivity contribution >= 4 is 0 Å². The Balaban J connectivity index is 1.87. The molecule has 1 fully saturated rings. The van der Waals surface area contributed by atoms with Gasteiger partial charge in [0.1, 0.15) is 5.82 Å². The van der Waals surface area contributed by atoms with Gasteiger partial charge >= 0.3 is 0 Å². The van der Waals surface area contributed by atoms with Gasteiger partial charge in [-0.05, 0) is 49.4 Å². The maximum absolute atomic E-state index is 13.9. The molecule has 0 aliphatic heterocycles. The Bertz CT molecular complexity index is 435. The first-order chi connectivity index (χ1) is 10.2. The third kappa shape index (κ3) is 5.40. The van der Waals surface area contributed by atoms with Crippen molar-refractivity contribution in [2.24, 2.45) is 5.92 Å². The van der Waals surface area contributed by atoms with E-state index in [1.807, 2.05) is 12.1 Å². The molecule has 118 valence electrons. The van der Waals surface area contributed by atoms with Crippen LogP contribution in [0.2, 0.25) is 0 Å². The number of rotatable bonds is 7. The standard InChI is InChI=1S/C18H28FNO/c1-3-9-20-12-15-7-8-18(19)16(11-15)13-21-17-6-4-5-14(2)10-17/h7-8,11,14,17,20H,3-6,9-10,12-13H2,1-2H3. The largest absolute Gasteiger partial charge is 0.373 e. The van der Waals surface area contributed by atoms with Crippen molar-refractivity contribution in [2.45, 2.75) is 65.2 Å². The van der Waals surface area contributed by atoms with Gasteiger partial charge in [-0.15, -0.1) is 0 Å². The summed E-state index contributed by atoms with van der Waals surface area (Å²) in [6.07, 6.45) is 6.16. The summed E-state index contributed by atoms with van der Waals surface area (Å²) < 4.78 is 19.8. The van der Waals surface area contributed by atoms with Gasteiger partial charge in [0.25, 0.3) is 0 Å². The quantitative estimate of drug-likeness (QED) is 0.751. The van der Waals surface area contributed by atoms with E-state index in [-0.39, 0.29) is 5.82 Å². The van der Waals surface area contributed by atoms with Gasteiger partial charge in [0.05, 0.1) is 12.7 Å². The second kappa shape index (κ2) is 8.50. The van der Waals surface area contributed by atoms with E-state index in [4.69, 9.17) is 4.74 Å². The highest BCUT2D eigenvalue weighted by atomic mass is 19.1. The number of hydrogen-bond donors (Lipinski definition) is 1. The van der Waals surface area contributed by atoms with Gasteiger partial charge in [-0.25, -0.2) is 4.39 Å². The van der Waals surface area contributed by atoms with Crippen LogP contribution in [0.4, 0.5) is 4.39 Å². The first-order valence-electron chi connectivity index (χ1n) is 8.28. The van der Waals surface area contributed by atoms with Crippen molar-refractivity contribution in [1.82, 2.24) is 5.32 Å². The summed E-state index contributed by atoms with van der Waals surface area (Å²) >= 11 is 0. The first kappa shape index (κ1) is 16.4. The van der Waals surface area contributed by atoms with Crippen molar-refractivity contribution in [3.63, 3.8) is 0 Å². The molecule has 1 aliphatic rings. The summed E-state index contributed by atoms with van der Waals surface area (Å²) in [6, 6.07) is 5.35. The molecule has 1 aliphatic carbocycles. The topological polar surface area (TPSA) is 21.3 Å². The van der Waals surface area contributed by atoms with Gasteiger partial charge < -0.3 is 10.1 Å². The van der Waals surface area contributed by atoms with Gasteiger partial charge in [-0.3, -0.25) is 0 Å². The Labute approximate surface area is 128 Å². The minimum atomic E-state index is -0.155. The predicted molar refractivity (Wildman–Crippen MR) is 84.6 cm³/mol. The van der Waals surface area contributed by atoms with E-state index in [0.29, 0.717) is 18.3 Å². The third-order valence-electron chi connectivity index (χ3n) is 4.23. The predicted octanol–water partition coefficient (Wildman–Crippen LogP) is 4.42.